The van der Waals surface area contributed by atoms with Crippen LogP contribution in [0.3, 0.4) is 0 Å². The van der Waals surface area contributed by atoms with Crippen molar-refractivity contribution in [2.75, 3.05) is 11.9 Å². The molecule has 0 aliphatic rings. The van der Waals surface area contributed by atoms with Gasteiger partial charge < -0.3 is 9.84 Å². The SMILES string of the molecule is O=C(Nc1ccccc1CCO)OCc1ccccc1. The Morgan fingerprint density at radius 1 is 1.05 bits per heavy atom. The lowest BCUT2D eigenvalue weighted by Crippen LogP contribution is -2.15. The van der Waals surface area contributed by atoms with Crippen molar-refractivity contribution in [2.24, 2.45) is 0 Å². The highest BCUT2D eigenvalue weighted by Crippen LogP contribution is 2.15. The van der Waals surface area contributed by atoms with Crippen LogP contribution in [-0.2, 0) is 17.8 Å². The number of hydrogen-bond donors (Lipinski definition) is 2. The maximum absolute atomic E-state index is 11.7. The first-order valence-electron chi connectivity index (χ1n) is 6.46. The quantitative estimate of drug-likeness (QED) is 0.879. The summed E-state index contributed by atoms with van der Waals surface area (Å²) in [6.07, 6.45) is -0.00552. The van der Waals surface area contributed by atoms with Gasteiger partial charge in [-0.2, -0.15) is 0 Å². The zero-order valence-electron chi connectivity index (χ0n) is 11.1. The van der Waals surface area contributed by atoms with Gasteiger partial charge in [-0.1, -0.05) is 48.5 Å². The third kappa shape index (κ3) is 4.10. The summed E-state index contributed by atoms with van der Waals surface area (Å²) < 4.78 is 5.15. The van der Waals surface area contributed by atoms with Gasteiger partial charge in [0.15, 0.2) is 0 Å². The van der Waals surface area contributed by atoms with Crippen molar-refractivity contribution in [3.8, 4) is 0 Å². The van der Waals surface area contributed by atoms with Crippen LogP contribution >= 0.6 is 0 Å². The topological polar surface area (TPSA) is 58.6 Å². The molecule has 2 rings (SSSR count). The first-order chi connectivity index (χ1) is 9.79. The molecule has 0 saturated carbocycles. The molecule has 0 spiro atoms. The molecule has 0 aliphatic heterocycles. The minimum absolute atomic E-state index is 0.0394. The number of hydrogen-bond acceptors (Lipinski definition) is 3. The number of amides is 1. The van der Waals surface area contributed by atoms with Crippen LogP contribution in [0.5, 0.6) is 0 Å². The smallest absolute Gasteiger partial charge is 0.411 e. The third-order valence-electron chi connectivity index (χ3n) is 2.85. The van der Waals surface area contributed by atoms with E-state index in [0.29, 0.717) is 12.1 Å². The van der Waals surface area contributed by atoms with Crippen molar-refractivity contribution >= 4 is 11.8 Å². The Hall–Kier alpha value is -2.33. The van der Waals surface area contributed by atoms with Crippen molar-refractivity contribution < 1.29 is 14.6 Å². The van der Waals surface area contributed by atoms with Crippen molar-refractivity contribution in [3.05, 3.63) is 65.7 Å². The summed E-state index contributed by atoms with van der Waals surface area (Å²) in [5.74, 6) is 0. The number of carbonyl (C=O) groups is 1. The highest BCUT2D eigenvalue weighted by atomic mass is 16.5. The molecule has 0 unspecified atom stereocenters. The van der Waals surface area contributed by atoms with Crippen LogP contribution in [0, 0.1) is 0 Å². The lowest BCUT2D eigenvalue weighted by atomic mass is 10.1. The average molecular weight is 271 g/mol. The predicted molar refractivity (Wildman–Crippen MR) is 77.5 cm³/mol. The molecular weight excluding hydrogens is 254 g/mol. The van der Waals surface area contributed by atoms with Gasteiger partial charge in [0, 0.05) is 12.3 Å². The first kappa shape index (κ1) is 14.1. The fourth-order valence-corrected chi connectivity index (χ4v) is 1.85. The van der Waals surface area contributed by atoms with E-state index in [1.165, 1.54) is 0 Å². The van der Waals surface area contributed by atoms with Crippen LogP contribution in [0.1, 0.15) is 11.1 Å². The Labute approximate surface area is 118 Å². The number of carbonyl (C=O) groups excluding carboxylic acids is 1. The third-order valence-corrected chi connectivity index (χ3v) is 2.85. The maximum Gasteiger partial charge on any atom is 0.411 e. The zero-order valence-corrected chi connectivity index (χ0v) is 11.1. The Bertz CT molecular complexity index is 555. The molecule has 0 aromatic heterocycles. The van der Waals surface area contributed by atoms with Crippen LogP contribution in [0.15, 0.2) is 54.6 Å². The molecule has 0 saturated heterocycles. The second-order valence-electron chi connectivity index (χ2n) is 4.32. The molecular formula is C16H17NO3. The van der Waals surface area contributed by atoms with Gasteiger partial charge in [-0.15, -0.1) is 0 Å². The second-order valence-corrected chi connectivity index (χ2v) is 4.32. The van der Waals surface area contributed by atoms with Gasteiger partial charge in [0.25, 0.3) is 0 Å². The minimum Gasteiger partial charge on any atom is -0.444 e. The van der Waals surface area contributed by atoms with Crippen LogP contribution in [-0.4, -0.2) is 17.8 Å². The molecule has 0 aliphatic carbocycles. The normalized spacial score (nSPS) is 10.1. The number of para-hydroxylation sites is 1. The van der Waals surface area contributed by atoms with Crippen LogP contribution < -0.4 is 5.32 Å². The highest BCUT2D eigenvalue weighted by molar-refractivity contribution is 5.85. The monoisotopic (exact) mass is 271 g/mol. The van der Waals surface area contributed by atoms with Gasteiger partial charge in [0.05, 0.1) is 0 Å². The van der Waals surface area contributed by atoms with Crippen molar-refractivity contribution in [1.82, 2.24) is 0 Å². The highest BCUT2D eigenvalue weighted by Gasteiger charge is 2.07. The molecule has 0 fully saturated rings. The summed E-state index contributed by atoms with van der Waals surface area (Å²) >= 11 is 0. The predicted octanol–water partition coefficient (Wildman–Crippen LogP) is 2.97. The van der Waals surface area contributed by atoms with E-state index in [1.807, 2.05) is 48.5 Å². The molecule has 2 aromatic rings. The largest absolute Gasteiger partial charge is 0.444 e. The molecule has 0 radical (unpaired) electrons. The molecule has 1 amide bonds. The van der Waals surface area contributed by atoms with E-state index in [9.17, 15) is 4.79 Å². The van der Waals surface area contributed by atoms with Gasteiger partial charge in [-0.3, -0.25) is 5.32 Å². The molecule has 4 nitrogen and oxygen atoms in total. The molecule has 2 N–H and O–H groups in total. The maximum atomic E-state index is 11.7. The van der Waals surface area contributed by atoms with E-state index in [-0.39, 0.29) is 13.2 Å². The Kier molecular flexibility index (Phi) is 5.15. The molecule has 0 bridgehead atoms. The van der Waals surface area contributed by atoms with Gasteiger partial charge >= 0.3 is 6.09 Å². The van der Waals surface area contributed by atoms with Gasteiger partial charge in [0.2, 0.25) is 0 Å². The molecule has 0 atom stereocenters. The van der Waals surface area contributed by atoms with E-state index in [2.05, 4.69) is 5.32 Å². The summed E-state index contributed by atoms with van der Waals surface area (Å²) in [5, 5.41) is 11.7. The fraction of sp³-hybridized carbons (Fsp3) is 0.188. The van der Waals surface area contributed by atoms with E-state index in [1.54, 1.807) is 6.07 Å². The van der Waals surface area contributed by atoms with Gasteiger partial charge in [-0.25, -0.2) is 4.79 Å². The second kappa shape index (κ2) is 7.31. The average Bonchev–Trinajstić information content (AvgIpc) is 2.49. The summed E-state index contributed by atoms with van der Waals surface area (Å²) in [7, 11) is 0. The van der Waals surface area contributed by atoms with Gasteiger partial charge in [-0.05, 0) is 23.6 Å². The molecule has 104 valence electrons. The molecule has 4 heteroatoms. The number of benzene rings is 2. The zero-order chi connectivity index (χ0) is 14.2. The van der Waals surface area contributed by atoms with Gasteiger partial charge in [0.1, 0.15) is 6.61 Å². The number of aliphatic hydroxyl groups excluding tert-OH is 1. The molecule has 0 heterocycles. The van der Waals surface area contributed by atoms with E-state index in [0.717, 1.165) is 11.1 Å². The first-order valence-corrected chi connectivity index (χ1v) is 6.46. The van der Waals surface area contributed by atoms with E-state index < -0.39 is 6.09 Å². The fourth-order valence-electron chi connectivity index (χ4n) is 1.85. The van der Waals surface area contributed by atoms with Crippen LogP contribution in [0.4, 0.5) is 10.5 Å². The number of anilines is 1. The van der Waals surface area contributed by atoms with E-state index >= 15 is 0 Å². The Balaban J connectivity index is 1.91. The van der Waals surface area contributed by atoms with E-state index in [4.69, 9.17) is 9.84 Å². The minimum atomic E-state index is -0.501. The number of ether oxygens (including phenoxy) is 1. The standard InChI is InChI=1S/C16H17NO3/c18-11-10-14-8-4-5-9-15(14)17-16(19)20-12-13-6-2-1-3-7-13/h1-9,18H,10-12H2,(H,17,19). The molecule has 2 aromatic carbocycles. The van der Waals surface area contributed by atoms with Crippen molar-refractivity contribution in [3.63, 3.8) is 0 Å². The summed E-state index contributed by atoms with van der Waals surface area (Å²) in [6, 6.07) is 16.8. The molecule has 20 heavy (non-hydrogen) atoms. The number of aliphatic hydroxyl groups is 1. The summed E-state index contributed by atoms with van der Waals surface area (Å²) in [4.78, 5) is 11.7. The number of nitrogens with one attached hydrogen (secondary N) is 1. The van der Waals surface area contributed by atoms with Crippen molar-refractivity contribution in [2.45, 2.75) is 13.0 Å². The van der Waals surface area contributed by atoms with Crippen molar-refractivity contribution in [1.29, 1.82) is 0 Å². The van der Waals surface area contributed by atoms with Crippen LogP contribution in [0.25, 0.3) is 0 Å². The van der Waals surface area contributed by atoms with Crippen LogP contribution in [0.2, 0.25) is 0 Å². The lowest BCUT2D eigenvalue weighted by molar-refractivity contribution is 0.155. The summed E-state index contributed by atoms with van der Waals surface area (Å²) in [6.45, 7) is 0.270. The summed E-state index contributed by atoms with van der Waals surface area (Å²) in [5.41, 5.74) is 2.48. The Morgan fingerprint density at radius 2 is 1.75 bits per heavy atom. The number of rotatable bonds is 5. The lowest BCUT2D eigenvalue weighted by Gasteiger charge is -2.10. The Morgan fingerprint density at radius 3 is 2.50 bits per heavy atom.